The second kappa shape index (κ2) is 5.06. The molecule has 0 unspecified atom stereocenters. The lowest BCUT2D eigenvalue weighted by Gasteiger charge is -2.26. The van der Waals surface area contributed by atoms with Crippen LogP contribution in [-0.2, 0) is 20.5 Å². The Morgan fingerprint density at radius 1 is 1.28 bits per heavy atom. The van der Waals surface area contributed by atoms with Crippen LogP contribution >= 0.6 is 11.6 Å². The van der Waals surface area contributed by atoms with Crippen molar-refractivity contribution in [3.8, 4) is 0 Å². The molecular weight excluding hydrogens is 363 g/mol. The van der Waals surface area contributed by atoms with Gasteiger partial charge in [0.2, 0.25) is 11.8 Å². The molecule has 4 atom stereocenters. The van der Waals surface area contributed by atoms with Crippen molar-refractivity contribution < 1.29 is 32.6 Å². The Morgan fingerprint density at radius 3 is 2.64 bits per heavy atom. The number of hydrogen-bond donors (Lipinski definition) is 1. The first kappa shape index (κ1) is 16.6. The largest absolute Gasteiger partial charge is 0.417 e. The van der Waals surface area contributed by atoms with Crippen molar-refractivity contribution in [2.75, 3.05) is 11.5 Å². The topological polar surface area (TPSA) is 66.8 Å². The molecular formula is C16H11ClF3NO4. The second-order valence-electron chi connectivity index (χ2n) is 6.23. The number of ether oxygens (including phenoxy) is 1. The Bertz CT molecular complexity index is 824. The summed E-state index contributed by atoms with van der Waals surface area (Å²) >= 11 is 5.59. The number of hydrogen-bond acceptors (Lipinski definition) is 4. The van der Waals surface area contributed by atoms with Crippen LogP contribution in [0.15, 0.2) is 30.4 Å². The number of benzene rings is 1. The maximum Gasteiger partial charge on any atom is 0.417 e. The third-order valence-corrected chi connectivity index (χ3v) is 5.25. The molecule has 3 heterocycles. The molecule has 0 saturated carbocycles. The first-order chi connectivity index (χ1) is 11.7. The molecule has 25 heavy (non-hydrogen) atoms. The number of alkyl halides is 3. The van der Waals surface area contributed by atoms with Gasteiger partial charge in [-0.2, -0.15) is 13.2 Å². The fourth-order valence-corrected chi connectivity index (χ4v) is 4.03. The SMILES string of the molecule is O=C1[C@H]2[C@@H](C(=O)N1c1ccc(Cl)c(C(F)(F)F)c1)[C@]1(CO)C=C[C@H]2O1. The molecule has 2 amide bonds. The van der Waals surface area contributed by atoms with Crippen LogP contribution in [0, 0.1) is 11.8 Å². The summed E-state index contributed by atoms with van der Waals surface area (Å²) in [6.07, 6.45) is -2.26. The van der Waals surface area contributed by atoms with Gasteiger partial charge in [0.25, 0.3) is 0 Å². The van der Waals surface area contributed by atoms with E-state index in [2.05, 4.69) is 0 Å². The summed E-state index contributed by atoms with van der Waals surface area (Å²) in [6, 6.07) is 2.87. The van der Waals surface area contributed by atoms with E-state index in [1.54, 1.807) is 6.08 Å². The van der Waals surface area contributed by atoms with E-state index >= 15 is 0 Å². The lowest BCUT2D eigenvalue weighted by atomic mass is 9.77. The van der Waals surface area contributed by atoms with E-state index in [9.17, 15) is 27.9 Å². The zero-order valence-corrected chi connectivity index (χ0v) is 13.2. The molecule has 2 fully saturated rings. The van der Waals surface area contributed by atoms with E-state index in [-0.39, 0.29) is 5.69 Å². The van der Waals surface area contributed by atoms with Crippen molar-refractivity contribution >= 4 is 29.1 Å². The molecule has 3 aliphatic heterocycles. The first-order valence-corrected chi connectivity index (χ1v) is 7.80. The molecule has 0 radical (unpaired) electrons. The third-order valence-electron chi connectivity index (χ3n) is 4.92. The van der Waals surface area contributed by atoms with Crippen molar-refractivity contribution in [3.63, 3.8) is 0 Å². The maximum atomic E-state index is 13.1. The maximum absolute atomic E-state index is 13.1. The van der Waals surface area contributed by atoms with E-state index in [1.807, 2.05) is 0 Å². The molecule has 132 valence electrons. The summed E-state index contributed by atoms with van der Waals surface area (Å²) in [5, 5.41) is 9.09. The Morgan fingerprint density at radius 2 is 2.00 bits per heavy atom. The number of rotatable bonds is 2. The van der Waals surface area contributed by atoms with Crippen LogP contribution in [-0.4, -0.2) is 35.2 Å². The molecule has 0 aromatic heterocycles. The van der Waals surface area contributed by atoms with Gasteiger partial charge in [-0.15, -0.1) is 0 Å². The number of nitrogens with zero attached hydrogens (tertiary/aromatic N) is 1. The molecule has 3 aliphatic rings. The minimum Gasteiger partial charge on any atom is -0.393 e. The van der Waals surface area contributed by atoms with Gasteiger partial charge in [-0.25, -0.2) is 4.90 Å². The van der Waals surface area contributed by atoms with Gasteiger partial charge in [-0.3, -0.25) is 9.59 Å². The molecule has 0 spiro atoms. The number of carbonyl (C=O) groups excluding carboxylic acids is 2. The van der Waals surface area contributed by atoms with Gasteiger partial charge in [-0.1, -0.05) is 23.8 Å². The van der Waals surface area contributed by atoms with Gasteiger partial charge in [0.05, 0.1) is 40.8 Å². The quantitative estimate of drug-likeness (QED) is 0.637. The highest BCUT2D eigenvalue weighted by Crippen LogP contribution is 2.52. The normalized spacial score (nSPS) is 33.5. The van der Waals surface area contributed by atoms with Crippen LogP contribution in [0.1, 0.15) is 5.56 Å². The van der Waals surface area contributed by atoms with Crippen molar-refractivity contribution in [3.05, 3.63) is 40.9 Å². The Kier molecular flexibility index (Phi) is 3.35. The number of aliphatic hydroxyl groups excluding tert-OH is 1. The summed E-state index contributed by atoms with van der Waals surface area (Å²) in [4.78, 5) is 26.2. The van der Waals surface area contributed by atoms with Gasteiger partial charge >= 0.3 is 6.18 Å². The third kappa shape index (κ3) is 2.11. The Hall–Kier alpha value is -1.90. The van der Waals surface area contributed by atoms with Gasteiger partial charge in [0.1, 0.15) is 5.60 Å². The summed E-state index contributed by atoms with van der Waals surface area (Å²) in [5.41, 5.74) is -2.62. The van der Waals surface area contributed by atoms with E-state index < -0.39 is 58.7 Å². The summed E-state index contributed by atoms with van der Waals surface area (Å²) in [5.74, 6) is -3.14. The van der Waals surface area contributed by atoms with Crippen LogP contribution < -0.4 is 4.90 Å². The second-order valence-corrected chi connectivity index (χ2v) is 6.64. The van der Waals surface area contributed by atoms with Crippen molar-refractivity contribution in [2.45, 2.75) is 17.9 Å². The monoisotopic (exact) mass is 373 g/mol. The average Bonchev–Trinajstić information content (AvgIpc) is 3.18. The summed E-state index contributed by atoms with van der Waals surface area (Å²) in [7, 11) is 0. The Balaban J connectivity index is 1.77. The lowest BCUT2D eigenvalue weighted by molar-refractivity contribution is -0.137. The van der Waals surface area contributed by atoms with Crippen molar-refractivity contribution in [1.29, 1.82) is 0 Å². The van der Waals surface area contributed by atoms with E-state index in [4.69, 9.17) is 16.3 Å². The smallest absolute Gasteiger partial charge is 0.393 e. The minimum absolute atomic E-state index is 0.200. The van der Waals surface area contributed by atoms with Crippen LogP contribution in [0.25, 0.3) is 0 Å². The molecule has 1 N–H and O–H groups in total. The highest BCUT2D eigenvalue weighted by Gasteiger charge is 2.67. The van der Waals surface area contributed by atoms with Crippen LogP contribution in [0.3, 0.4) is 0 Å². The van der Waals surface area contributed by atoms with Crippen LogP contribution in [0.5, 0.6) is 0 Å². The highest BCUT2D eigenvalue weighted by atomic mass is 35.5. The molecule has 5 nitrogen and oxygen atoms in total. The van der Waals surface area contributed by atoms with Gasteiger partial charge in [0, 0.05) is 0 Å². The van der Waals surface area contributed by atoms with E-state index in [0.29, 0.717) is 6.07 Å². The molecule has 1 aromatic rings. The highest BCUT2D eigenvalue weighted by molar-refractivity contribution is 6.31. The standard InChI is InChI=1S/C16H11ClF3NO4/c17-9-2-1-7(5-8(9)16(18,19)20)21-13(23)11-10-3-4-15(6-22,25-10)12(11)14(21)24/h1-5,10-12,22H,6H2/t10-,11-,12+,15-/m1/s1. The molecule has 2 bridgehead atoms. The number of imide groups is 1. The molecule has 4 rings (SSSR count). The van der Waals surface area contributed by atoms with Gasteiger partial charge in [0.15, 0.2) is 0 Å². The zero-order valence-electron chi connectivity index (χ0n) is 12.5. The van der Waals surface area contributed by atoms with Crippen LogP contribution in [0.2, 0.25) is 5.02 Å². The van der Waals surface area contributed by atoms with E-state index in [1.165, 1.54) is 12.1 Å². The fraction of sp³-hybridized carbons (Fsp3) is 0.375. The first-order valence-electron chi connectivity index (χ1n) is 7.42. The van der Waals surface area contributed by atoms with Crippen LogP contribution in [0.4, 0.5) is 18.9 Å². The fourth-order valence-electron chi connectivity index (χ4n) is 3.81. The number of amides is 2. The number of aliphatic hydroxyl groups is 1. The molecule has 1 aromatic carbocycles. The number of halogens is 4. The Labute approximate surface area is 144 Å². The number of carbonyl (C=O) groups is 2. The van der Waals surface area contributed by atoms with Crippen molar-refractivity contribution in [1.82, 2.24) is 0 Å². The average molecular weight is 374 g/mol. The summed E-state index contributed by atoms with van der Waals surface area (Å²) in [6.45, 7) is -0.498. The predicted octanol–water partition coefficient (Wildman–Crippen LogP) is 2.16. The predicted molar refractivity (Wildman–Crippen MR) is 79.8 cm³/mol. The van der Waals surface area contributed by atoms with Crippen molar-refractivity contribution in [2.24, 2.45) is 11.8 Å². The molecule has 2 saturated heterocycles. The van der Waals surface area contributed by atoms with E-state index in [0.717, 1.165) is 11.0 Å². The van der Waals surface area contributed by atoms with Gasteiger partial charge < -0.3 is 9.84 Å². The summed E-state index contributed by atoms with van der Waals surface area (Å²) < 4.78 is 44.7. The molecule has 0 aliphatic carbocycles. The number of fused-ring (bicyclic) bond motifs is 5. The lowest BCUT2D eigenvalue weighted by Crippen LogP contribution is -2.43. The zero-order chi connectivity index (χ0) is 18.1. The minimum atomic E-state index is -4.72. The number of anilines is 1. The van der Waals surface area contributed by atoms with Gasteiger partial charge in [-0.05, 0) is 18.2 Å². The molecule has 9 heteroatoms.